The molecule has 1 aromatic rings. The number of rotatable bonds is 5. The standard InChI is InChI=1S/C13H23N3O2/c1-9(8-17-5)15-11-7-6-10(14)12(16-11)18-13(2,3)4/h6-7,9H,8,14H2,1-5H3,(H,15,16). The van der Waals surface area contributed by atoms with Crippen molar-refractivity contribution in [2.75, 3.05) is 24.8 Å². The van der Waals surface area contributed by atoms with Crippen LogP contribution in [-0.4, -0.2) is 30.3 Å². The normalized spacial score (nSPS) is 13.2. The number of nitrogen functional groups attached to an aromatic ring is 1. The van der Waals surface area contributed by atoms with Gasteiger partial charge in [0.1, 0.15) is 11.4 Å². The van der Waals surface area contributed by atoms with Gasteiger partial charge in [-0.25, -0.2) is 0 Å². The molecule has 0 aliphatic carbocycles. The first-order valence-corrected chi connectivity index (χ1v) is 6.03. The minimum atomic E-state index is -0.322. The van der Waals surface area contributed by atoms with Crippen LogP contribution in [0.4, 0.5) is 11.5 Å². The molecule has 102 valence electrons. The van der Waals surface area contributed by atoms with Crippen molar-refractivity contribution in [3.05, 3.63) is 12.1 Å². The van der Waals surface area contributed by atoms with Crippen LogP contribution in [0.5, 0.6) is 5.88 Å². The molecule has 1 unspecified atom stereocenters. The first-order chi connectivity index (χ1) is 8.31. The third-order valence-electron chi connectivity index (χ3n) is 2.10. The van der Waals surface area contributed by atoms with Crippen LogP contribution in [0.1, 0.15) is 27.7 Å². The lowest BCUT2D eigenvalue weighted by molar-refractivity contribution is 0.125. The molecule has 1 aromatic heterocycles. The van der Waals surface area contributed by atoms with E-state index >= 15 is 0 Å². The van der Waals surface area contributed by atoms with Crippen molar-refractivity contribution in [2.24, 2.45) is 0 Å². The summed E-state index contributed by atoms with van der Waals surface area (Å²) < 4.78 is 10.8. The number of nitrogens with zero attached hydrogens (tertiary/aromatic N) is 1. The first-order valence-electron chi connectivity index (χ1n) is 6.03. The topological polar surface area (TPSA) is 69.4 Å². The molecule has 0 saturated heterocycles. The largest absolute Gasteiger partial charge is 0.470 e. The minimum absolute atomic E-state index is 0.175. The predicted molar refractivity (Wildman–Crippen MR) is 74.0 cm³/mol. The number of methoxy groups -OCH3 is 1. The Hall–Kier alpha value is -1.49. The van der Waals surface area contributed by atoms with E-state index in [1.165, 1.54) is 0 Å². The van der Waals surface area contributed by atoms with E-state index < -0.39 is 0 Å². The number of nitrogens with two attached hydrogens (primary N) is 1. The zero-order valence-electron chi connectivity index (χ0n) is 11.8. The monoisotopic (exact) mass is 253 g/mol. The van der Waals surface area contributed by atoms with Gasteiger partial charge < -0.3 is 20.5 Å². The van der Waals surface area contributed by atoms with Gasteiger partial charge in [0.25, 0.3) is 0 Å². The number of hydrogen-bond donors (Lipinski definition) is 2. The van der Waals surface area contributed by atoms with Gasteiger partial charge in [0, 0.05) is 13.2 Å². The van der Waals surface area contributed by atoms with Crippen LogP contribution in [0.15, 0.2) is 12.1 Å². The van der Waals surface area contributed by atoms with Gasteiger partial charge in [-0.05, 0) is 39.8 Å². The second-order valence-electron chi connectivity index (χ2n) is 5.31. The third kappa shape index (κ3) is 4.79. The molecular weight excluding hydrogens is 230 g/mol. The van der Waals surface area contributed by atoms with Crippen molar-refractivity contribution < 1.29 is 9.47 Å². The molecule has 5 nitrogen and oxygen atoms in total. The van der Waals surface area contributed by atoms with Gasteiger partial charge in [-0.2, -0.15) is 4.98 Å². The molecule has 0 aromatic carbocycles. The summed E-state index contributed by atoms with van der Waals surface area (Å²) in [6.07, 6.45) is 0. The Labute approximate surface area is 109 Å². The number of anilines is 2. The van der Waals surface area contributed by atoms with Crippen molar-refractivity contribution in [1.29, 1.82) is 0 Å². The molecule has 18 heavy (non-hydrogen) atoms. The molecule has 3 N–H and O–H groups in total. The molecule has 5 heteroatoms. The summed E-state index contributed by atoms with van der Waals surface area (Å²) in [7, 11) is 1.67. The Morgan fingerprint density at radius 2 is 2.06 bits per heavy atom. The zero-order chi connectivity index (χ0) is 13.8. The van der Waals surface area contributed by atoms with Crippen LogP contribution >= 0.6 is 0 Å². The maximum Gasteiger partial charge on any atom is 0.239 e. The number of nitrogens with one attached hydrogen (secondary N) is 1. The fourth-order valence-electron chi connectivity index (χ4n) is 1.45. The Morgan fingerprint density at radius 1 is 1.39 bits per heavy atom. The molecule has 0 spiro atoms. The lowest BCUT2D eigenvalue weighted by atomic mass is 10.2. The van der Waals surface area contributed by atoms with Gasteiger partial charge >= 0.3 is 0 Å². The van der Waals surface area contributed by atoms with Crippen molar-refractivity contribution in [1.82, 2.24) is 4.98 Å². The summed E-state index contributed by atoms with van der Waals surface area (Å²) in [5, 5.41) is 3.22. The average Bonchev–Trinajstić information content (AvgIpc) is 2.21. The van der Waals surface area contributed by atoms with Crippen LogP contribution in [0.2, 0.25) is 0 Å². The highest BCUT2D eigenvalue weighted by molar-refractivity contribution is 5.54. The van der Waals surface area contributed by atoms with Crippen molar-refractivity contribution >= 4 is 11.5 Å². The van der Waals surface area contributed by atoms with E-state index in [9.17, 15) is 0 Å². The van der Waals surface area contributed by atoms with Crippen molar-refractivity contribution in [2.45, 2.75) is 39.3 Å². The highest BCUT2D eigenvalue weighted by Gasteiger charge is 2.15. The van der Waals surface area contributed by atoms with E-state index in [4.69, 9.17) is 15.2 Å². The molecule has 0 amide bonds. The molecule has 0 aliphatic heterocycles. The van der Waals surface area contributed by atoms with Gasteiger partial charge in [-0.1, -0.05) is 0 Å². The number of ether oxygens (including phenoxy) is 2. The smallest absolute Gasteiger partial charge is 0.239 e. The van der Waals surface area contributed by atoms with E-state index in [0.29, 0.717) is 18.2 Å². The summed E-state index contributed by atoms with van der Waals surface area (Å²) in [6, 6.07) is 3.79. The van der Waals surface area contributed by atoms with Gasteiger partial charge in [-0.15, -0.1) is 0 Å². The minimum Gasteiger partial charge on any atom is -0.470 e. The summed E-state index contributed by atoms with van der Waals surface area (Å²) in [5.74, 6) is 1.19. The molecule has 1 heterocycles. The van der Waals surface area contributed by atoms with E-state index in [1.54, 1.807) is 13.2 Å². The maximum atomic E-state index is 5.85. The van der Waals surface area contributed by atoms with Gasteiger partial charge in [0.15, 0.2) is 0 Å². The van der Waals surface area contributed by atoms with E-state index in [0.717, 1.165) is 5.82 Å². The number of hydrogen-bond acceptors (Lipinski definition) is 5. The lowest BCUT2D eigenvalue weighted by Gasteiger charge is -2.22. The summed E-state index contributed by atoms with van der Waals surface area (Å²) in [6.45, 7) is 8.51. The maximum absolute atomic E-state index is 5.85. The van der Waals surface area contributed by atoms with Gasteiger partial charge in [-0.3, -0.25) is 0 Å². The SMILES string of the molecule is COCC(C)Nc1ccc(N)c(OC(C)(C)C)n1. The number of pyridine rings is 1. The molecule has 0 saturated carbocycles. The highest BCUT2D eigenvalue weighted by atomic mass is 16.5. The van der Waals surface area contributed by atoms with Gasteiger partial charge in [0.2, 0.25) is 5.88 Å². The predicted octanol–water partition coefficient (Wildman–Crippen LogP) is 2.29. The molecular formula is C13H23N3O2. The summed E-state index contributed by atoms with van der Waals surface area (Å²) in [5.41, 5.74) is 6.06. The Kier molecular flexibility index (Phi) is 4.78. The second-order valence-corrected chi connectivity index (χ2v) is 5.31. The summed E-state index contributed by atoms with van der Waals surface area (Å²) >= 11 is 0. The van der Waals surface area contributed by atoms with E-state index in [1.807, 2.05) is 33.8 Å². The van der Waals surface area contributed by atoms with E-state index in [-0.39, 0.29) is 11.6 Å². The van der Waals surface area contributed by atoms with E-state index in [2.05, 4.69) is 10.3 Å². The average molecular weight is 253 g/mol. The third-order valence-corrected chi connectivity index (χ3v) is 2.10. The van der Waals surface area contributed by atoms with Crippen molar-refractivity contribution in [3.63, 3.8) is 0 Å². The Morgan fingerprint density at radius 3 is 2.61 bits per heavy atom. The second kappa shape index (κ2) is 5.91. The molecule has 1 atom stereocenters. The molecule has 1 rings (SSSR count). The summed E-state index contributed by atoms with van der Waals surface area (Å²) in [4.78, 5) is 4.37. The van der Waals surface area contributed by atoms with Crippen molar-refractivity contribution in [3.8, 4) is 5.88 Å². The van der Waals surface area contributed by atoms with Crippen LogP contribution in [0.25, 0.3) is 0 Å². The Balaban J connectivity index is 2.80. The fraction of sp³-hybridized carbons (Fsp3) is 0.615. The van der Waals surface area contributed by atoms with Gasteiger partial charge in [0.05, 0.1) is 12.3 Å². The molecule has 0 aliphatic rings. The zero-order valence-corrected chi connectivity index (χ0v) is 11.8. The first kappa shape index (κ1) is 14.6. The van der Waals surface area contributed by atoms with Crippen LogP contribution in [-0.2, 0) is 4.74 Å². The fourth-order valence-corrected chi connectivity index (χ4v) is 1.45. The molecule has 0 bridgehead atoms. The van der Waals surface area contributed by atoms with Crippen LogP contribution < -0.4 is 15.8 Å². The number of aromatic nitrogens is 1. The Bertz CT molecular complexity index is 388. The quantitative estimate of drug-likeness (QED) is 0.842. The van der Waals surface area contributed by atoms with Crippen LogP contribution in [0, 0.1) is 0 Å². The lowest BCUT2D eigenvalue weighted by Crippen LogP contribution is -2.25. The molecule has 0 fully saturated rings. The molecule has 0 radical (unpaired) electrons. The van der Waals surface area contributed by atoms with Crippen LogP contribution in [0.3, 0.4) is 0 Å². The highest BCUT2D eigenvalue weighted by Crippen LogP contribution is 2.25.